The standard InChI is InChI=1S/C28H26O3Si4/c1-3-32(25-17-9-5-10-18-25)29-34(27-21-13-7-14-22-27)31-35(28-23-15-8-16-24-28)30-33(4-2)26-19-11-6-12-20-26/h1-2,5-24,32-35H. The van der Waals surface area contributed by atoms with Crippen molar-refractivity contribution in [3.05, 3.63) is 121 Å². The number of rotatable bonds is 10. The zero-order chi connectivity index (χ0) is 24.3. The van der Waals surface area contributed by atoms with Gasteiger partial charge in [-0.25, -0.2) is 0 Å². The molecule has 4 unspecified atom stereocenters. The minimum Gasteiger partial charge on any atom is -0.424 e. The summed E-state index contributed by atoms with van der Waals surface area (Å²) in [7, 11) is -9.14. The van der Waals surface area contributed by atoms with Crippen LogP contribution in [0.4, 0.5) is 0 Å². The van der Waals surface area contributed by atoms with E-state index in [2.05, 4.69) is 11.1 Å². The molecule has 0 radical (unpaired) electrons. The van der Waals surface area contributed by atoms with E-state index in [0.717, 1.165) is 20.7 Å². The second-order valence-corrected chi connectivity index (χ2v) is 17.3. The third-order valence-corrected chi connectivity index (χ3v) is 16.0. The van der Waals surface area contributed by atoms with Crippen LogP contribution in [-0.2, 0) is 12.3 Å². The first-order valence-corrected chi connectivity index (χ1v) is 17.7. The summed E-state index contributed by atoms with van der Waals surface area (Å²) in [6.45, 7) is 0. The molecule has 4 rings (SSSR count). The van der Waals surface area contributed by atoms with Gasteiger partial charge in [0.15, 0.2) is 0 Å². The number of hydrogen-bond acceptors (Lipinski definition) is 3. The molecule has 0 aliphatic carbocycles. The lowest BCUT2D eigenvalue weighted by atomic mass is 10.4. The van der Waals surface area contributed by atoms with Gasteiger partial charge in [0.2, 0.25) is 0 Å². The highest BCUT2D eigenvalue weighted by molar-refractivity contribution is 6.87. The first-order valence-electron chi connectivity index (χ1n) is 11.4. The van der Waals surface area contributed by atoms with E-state index in [1.807, 2.05) is 121 Å². The van der Waals surface area contributed by atoms with Crippen molar-refractivity contribution in [1.29, 1.82) is 0 Å². The molecule has 0 spiro atoms. The van der Waals surface area contributed by atoms with Crippen LogP contribution in [0, 0.1) is 23.9 Å². The molecule has 3 nitrogen and oxygen atoms in total. The fourth-order valence-corrected chi connectivity index (χ4v) is 15.2. The summed E-state index contributed by atoms with van der Waals surface area (Å²) in [4.78, 5) is 0. The summed E-state index contributed by atoms with van der Waals surface area (Å²) in [5, 5.41) is 4.19. The van der Waals surface area contributed by atoms with Crippen LogP contribution in [-0.4, -0.2) is 36.6 Å². The van der Waals surface area contributed by atoms with E-state index in [1.54, 1.807) is 0 Å². The fourth-order valence-electron chi connectivity index (χ4n) is 3.64. The highest BCUT2D eigenvalue weighted by atomic mass is 28.4. The molecule has 172 valence electrons. The van der Waals surface area contributed by atoms with Crippen molar-refractivity contribution in [2.75, 3.05) is 0 Å². The van der Waals surface area contributed by atoms with E-state index in [9.17, 15) is 0 Å². The number of terminal acetylenes is 2. The lowest BCUT2D eigenvalue weighted by molar-refractivity contribution is 0.402. The molecule has 0 amide bonds. The summed E-state index contributed by atoms with van der Waals surface area (Å²) in [5.41, 5.74) is 5.86. The number of hydrogen-bond donors (Lipinski definition) is 0. The highest BCUT2D eigenvalue weighted by Crippen LogP contribution is 2.04. The normalized spacial score (nSPS) is 14.1. The van der Waals surface area contributed by atoms with Crippen LogP contribution in [0.5, 0.6) is 0 Å². The molecule has 0 N–H and O–H groups in total. The van der Waals surface area contributed by atoms with Crippen molar-refractivity contribution in [1.82, 2.24) is 0 Å². The predicted molar refractivity (Wildman–Crippen MR) is 154 cm³/mol. The average molecular weight is 523 g/mol. The van der Waals surface area contributed by atoms with Crippen molar-refractivity contribution in [3.63, 3.8) is 0 Å². The van der Waals surface area contributed by atoms with Gasteiger partial charge >= 0.3 is 18.6 Å². The Hall–Kier alpha value is -3.25. The van der Waals surface area contributed by atoms with E-state index in [0.29, 0.717) is 0 Å². The summed E-state index contributed by atoms with van der Waals surface area (Å²) >= 11 is 0. The molecular formula is C28H26O3Si4. The summed E-state index contributed by atoms with van der Waals surface area (Å²) in [6.07, 6.45) is 11.9. The van der Waals surface area contributed by atoms with Gasteiger partial charge in [-0.05, 0) is 20.7 Å². The van der Waals surface area contributed by atoms with Gasteiger partial charge in [-0.1, -0.05) is 121 Å². The molecule has 0 aliphatic rings. The second kappa shape index (κ2) is 13.0. The van der Waals surface area contributed by atoms with Crippen molar-refractivity contribution in [2.24, 2.45) is 0 Å². The molecule has 7 heteroatoms. The Morgan fingerprint density at radius 1 is 0.400 bits per heavy atom. The third-order valence-electron chi connectivity index (χ3n) is 5.42. The largest absolute Gasteiger partial charge is 0.424 e. The molecule has 0 saturated carbocycles. The van der Waals surface area contributed by atoms with Crippen LogP contribution in [0.1, 0.15) is 0 Å². The Kier molecular flexibility index (Phi) is 9.23. The van der Waals surface area contributed by atoms with E-state index >= 15 is 0 Å². The van der Waals surface area contributed by atoms with Gasteiger partial charge in [-0.15, -0.1) is 23.9 Å². The summed E-state index contributed by atoms with van der Waals surface area (Å²) in [5.74, 6) is 0. The molecule has 4 aromatic rings. The van der Waals surface area contributed by atoms with Crippen LogP contribution in [0.25, 0.3) is 0 Å². The molecular weight excluding hydrogens is 497 g/mol. The molecule has 4 aromatic carbocycles. The van der Waals surface area contributed by atoms with Gasteiger partial charge in [0.05, 0.1) is 0 Å². The highest BCUT2D eigenvalue weighted by Gasteiger charge is 2.31. The van der Waals surface area contributed by atoms with E-state index in [1.165, 1.54) is 0 Å². The molecule has 35 heavy (non-hydrogen) atoms. The van der Waals surface area contributed by atoms with Crippen molar-refractivity contribution in [3.8, 4) is 23.9 Å². The van der Waals surface area contributed by atoms with Crippen LogP contribution in [0.3, 0.4) is 0 Å². The molecule has 0 fully saturated rings. The molecule has 0 aliphatic heterocycles. The maximum Gasteiger partial charge on any atom is 0.337 e. The number of benzene rings is 4. The summed E-state index contributed by atoms with van der Waals surface area (Å²) in [6, 6.07) is 40.2. The van der Waals surface area contributed by atoms with Gasteiger partial charge in [0, 0.05) is 0 Å². The first kappa shape index (κ1) is 24.9. The van der Waals surface area contributed by atoms with E-state index < -0.39 is 36.6 Å². The molecule has 0 aromatic heterocycles. The lowest BCUT2D eigenvalue weighted by Crippen LogP contribution is -2.54. The average Bonchev–Trinajstić information content (AvgIpc) is 2.94. The van der Waals surface area contributed by atoms with Gasteiger partial charge < -0.3 is 12.3 Å². The second-order valence-electron chi connectivity index (χ2n) is 7.81. The molecule has 4 atom stereocenters. The Morgan fingerprint density at radius 2 is 0.686 bits per heavy atom. The Balaban J connectivity index is 1.66. The summed E-state index contributed by atoms with van der Waals surface area (Å²) < 4.78 is 20.2. The molecule has 0 bridgehead atoms. The topological polar surface area (TPSA) is 27.7 Å². The minimum atomic E-state index is -2.42. The lowest BCUT2D eigenvalue weighted by Gasteiger charge is -2.27. The van der Waals surface area contributed by atoms with Crippen molar-refractivity contribution < 1.29 is 12.3 Å². The van der Waals surface area contributed by atoms with Gasteiger partial charge in [-0.2, -0.15) is 0 Å². The van der Waals surface area contributed by atoms with E-state index in [4.69, 9.17) is 25.2 Å². The van der Waals surface area contributed by atoms with Crippen molar-refractivity contribution in [2.45, 2.75) is 0 Å². The Labute approximate surface area is 214 Å². The third kappa shape index (κ3) is 6.89. The van der Waals surface area contributed by atoms with Gasteiger partial charge in [0.1, 0.15) is 0 Å². The molecule has 0 heterocycles. The molecule has 0 saturated heterocycles. The monoisotopic (exact) mass is 522 g/mol. The van der Waals surface area contributed by atoms with Crippen LogP contribution < -0.4 is 20.7 Å². The van der Waals surface area contributed by atoms with Crippen LogP contribution in [0.15, 0.2) is 121 Å². The van der Waals surface area contributed by atoms with Crippen LogP contribution >= 0.6 is 0 Å². The minimum absolute atomic E-state index is 1.03. The van der Waals surface area contributed by atoms with Crippen LogP contribution in [0.2, 0.25) is 0 Å². The quantitative estimate of drug-likeness (QED) is 0.229. The first-order chi connectivity index (χ1) is 17.3. The zero-order valence-corrected chi connectivity index (χ0v) is 23.9. The van der Waals surface area contributed by atoms with E-state index in [-0.39, 0.29) is 0 Å². The Morgan fingerprint density at radius 3 is 0.971 bits per heavy atom. The Bertz CT molecular complexity index is 1160. The maximum absolute atomic E-state index is 6.84. The zero-order valence-electron chi connectivity index (χ0n) is 19.2. The van der Waals surface area contributed by atoms with Gasteiger partial charge in [-0.3, -0.25) is 0 Å². The fraction of sp³-hybridized carbons (Fsp3) is 0. The van der Waals surface area contributed by atoms with Gasteiger partial charge in [0.25, 0.3) is 18.1 Å². The predicted octanol–water partition coefficient (Wildman–Crippen LogP) is 0.898. The SMILES string of the molecule is C#C[SiH](O[SiH](O[SiH](O[SiH](C#C)c1ccccc1)c1ccccc1)c1ccccc1)c1ccccc1. The van der Waals surface area contributed by atoms with Crippen molar-refractivity contribution >= 4 is 57.4 Å². The smallest absolute Gasteiger partial charge is 0.337 e. The maximum atomic E-state index is 6.84.